The molecule has 0 amide bonds. The lowest BCUT2D eigenvalue weighted by atomic mass is 9.99. The van der Waals surface area contributed by atoms with Gasteiger partial charge in [-0.3, -0.25) is 4.90 Å². The molecule has 114 valence electrons. The summed E-state index contributed by atoms with van der Waals surface area (Å²) in [5, 5.41) is 12.9. The van der Waals surface area contributed by atoms with E-state index in [4.69, 9.17) is 0 Å². The van der Waals surface area contributed by atoms with Gasteiger partial charge in [-0.25, -0.2) is 0 Å². The fraction of sp³-hybridized carbons (Fsp3) is 0.611. The Hall–Kier alpha value is -1.37. The van der Waals surface area contributed by atoms with E-state index in [2.05, 4.69) is 47.5 Å². The van der Waals surface area contributed by atoms with E-state index in [-0.39, 0.29) is 6.04 Å². The van der Waals surface area contributed by atoms with Crippen molar-refractivity contribution >= 4 is 0 Å². The molecule has 1 saturated heterocycles. The van der Waals surface area contributed by atoms with E-state index in [9.17, 15) is 5.26 Å². The molecule has 0 aromatic heterocycles. The van der Waals surface area contributed by atoms with Crippen LogP contribution in [0.5, 0.6) is 0 Å². The summed E-state index contributed by atoms with van der Waals surface area (Å²) in [6.07, 6.45) is 5.57. The van der Waals surface area contributed by atoms with Crippen LogP contribution in [0.15, 0.2) is 30.3 Å². The topological polar surface area (TPSA) is 39.1 Å². The molecule has 1 fully saturated rings. The lowest BCUT2D eigenvalue weighted by Gasteiger charge is -2.35. The van der Waals surface area contributed by atoms with Crippen LogP contribution >= 0.6 is 0 Å². The molecule has 3 nitrogen and oxygen atoms in total. The average Bonchev–Trinajstić information content (AvgIpc) is 2.54. The molecule has 0 aliphatic carbocycles. The summed E-state index contributed by atoms with van der Waals surface area (Å²) in [4.78, 5) is 2.50. The molecular weight excluding hydrogens is 258 g/mol. The normalized spacial score (nSPS) is 20.1. The Morgan fingerprint density at radius 2 is 2.14 bits per heavy atom. The molecule has 1 aromatic rings. The molecule has 3 heteroatoms. The van der Waals surface area contributed by atoms with Crippen LogP contribution in [0.4, 0.5) is 0 Å². The Kier molecular flexibility index (Phi) is 6.72. The van der Waals surface area contributed by atoms with Crippen LogP contribution in [0.3, 0.4) is 0 Å². The van der Waals surface area contributed by atoms with Crippen LogP contribution in [-0.2, 0) is 0 Å². The first kappa shape index (κ1) is 16.0. The highest BCUT2D eigenvalue weighted by Gasteiger charge is 2.23. The van der Waals surface area contributed by atoms with Gasteiger partial charge in [0.25, 0.3) is 0 Å². The van der Waals surface area contributed by atoms with Crippen molar-refractivity contribution in [2.75, 3.05) is 19.6 Å². The van der Waals surface area contributed by atoms with E-state index in [1.165, 1.54) is 24.8 Å². The Balaban J connectivity index is 2.10. The Morgan fingerprint density at radius 1 is 1.33 bits per heavy atom. The van der Waals surface area contributed by atoms with Crippen LogP contribution in [0.1, 0.15) is 50.6 Å². The highest BCUT2D eigenvalue weighted by molar-refractivity contribution is 5.20. The van der Waals surface area contributed by atoms with Crippen LogP contribution < -0.4 is 5.32 Å². The number of hydrogen-bond donors (Lipinski definition) is 1. The van der Waals surface area contributed by atoms with Gasteiger partial charge in [0.05, 0.1) is 12.5 Å². The number of nitrogens with one attached hydrogen (secondary N) is 1. The fourth-order valence-corrected chi connectivity index (χ4v) is 3.24. The molecule has 0 spiro atoms. The zero-order chi connectivity index (χ0) is 14.9. The third-order valence-corrected chi connectivity index (χ3v) is 4.29. The molecule has 1 aromatic carbocycles. The zero-order valence-corrected chi connectivity index (χ0v) is 13.1. The third kappa shape index (κ3) is 4.84. The molecule has 1 aliphatic heterocycles. The minimum atomic E-state index is 0.222. The van der Waals surface area contributed by atoms with Crippen molar-refractivity contribution in [3.8, 4) is 6.07 Å². The second kappa shape index (κ2) is 8.81. The van der Waals surface area contributed by atoms with Crippen molar-refractivity contribution < 1.29 is 0 Å². The van der Waals surface area contributed by atoms with Crippen molar-refractivity contribution in [2.45, 2.75) is 51.1 Å². The number of benzene rings is 1. The van der Waals surface area contributed by atoms with Gasteiger partial charge < -0.3 is 5.32 Å². The molecule has 2 atom stereocenters. The molecule has 1 aliphatic rings. The molecule has 0 bridgehead atoms. The predicted molar refractivity (Wildman–Crippen MR) is 86.9 cm³/mol. The lowest BCUT2D eigenvalue weighted by molar-refractivity contribution is 0.167. The van der Waals surface area contributed by atoms with Crippen LogP contribution in [-0.4, -0.2) is 30.6 Å². The van der Waals surface area contributed by atoms with E-state index >= 15 is 0 Å². The van der Waals surface area contributed by atoms with Crippen molar-refractivity contribution in [1.29, 1.82) is 5.26 Å². The summed E-state index contributed by atoms with van der Waals surface area (Å²) in [7, 11) is 0. The van der Waals surface area contributed by atoms with E-state index in [0.717, 1.165) is 26.1 Å². The second-order valence-corrected chi connectivity index (χ2v) is 5.93. The maximum atomic E-state index is 9.23. The highest BCUT2D eigenvalue weighted by Crippen LogP contribution is 2.25. The maximum Gasteiger partial charge on any atom is 0.0641 e. The lowest BCUT2D eigenvalue weighted by Crippen LogP contribution is -2.45. The quantitative estimate of drug-likeness (QED) is 0.833. The van der Waals surface area contributed by atoms with Gasteiger partial charge in [0.1, 0.15) is 0 Å². The van der Waals surface area contributed by atoms with Crippen LogP contribution in [0, 0.1) is 11.3 Å². The summed E-state index contributed by atoms with van der Waals surface area (Å²) < 4.78 is 0. The van der Waals surface area contributed by atoms with Gasteiger partial charge in [-0.1, -0.05) is 43.7 Å². The molecule has 2 rings (SSSR count). The largest absolute Gasteiger partial charge is 0.313 e. The monoisotopic (exact) mass is 285 g/mol. The minimum Gasteiger partial charge on any atom is -0.313 e. The van der Waals surface area contributed by atoms with E-state index in [0.29, 0.717) is 12.5 Å². The summed E-state index contributed by atoms with van der Waals surface area (Å²) in [5.41, 5.74) is 1.27. The van der Waals surface area contributed by atoms with E-state index in [1.807, 2.05) is 6.07 Å². The highest BCUT2D eigenvalue weighted by atomic mass is 15.2. The van der Waals surface area contributed by atoms with Gasteiger partial charge in [0.15, 0.2) is 0 Å². The second-order valence-electron chi connectivity index (χ2n) is 5.93. The molecule has 21 heavy (non-hydrogen) atoms. The van der Waals surface area contributed by atoms with Crippen LogP contribution in [0.2, 0.25) is 0 Å². The molecule has 0 saturated carbocycles. The fourth-order valence-electron chi connectivity index (χ4n) is 3.24. The van der Waals surface area contributed by atoms with Gasteiger partial charge in [-0.15, -0.1) is 0 Å². The zero-order valence-electron chi connectivity index (χ0n) is 13.1. The first-order valence-corrected chi connectivity index (χ1v) is 8.24. The summed E-state index contributed by atoms with van der Waals surface area (Å²) in [6, 6.07) is 13.7. The van der Waals surface area contributed by atoms with Gasteiger partial charge in [-0.05, 0) is 37.9 Å². The summed E-state index contributed by atoms with van der Waals surface area (Å²) >= 11 is 0. The third-order valence-electron chi connectivity index (χ3n) is 4.29. The number of nitrogens with zero attached hydrogens (tertiary/aromatic N) is 2. The Bertz CT molecular complexity index is 432. The first-order chi connectivity index (χ1) is 10.3. The maximum absolute atomic E-state index is 9.23. The van der Waals surface area contributed by atoms with E-state index < -0.39 is 0 Å². The predicted octanol–water partition coefficient (Wildman–Crippen LogP) is 3.50. The molecule has 2 unspecified atom stereocenters. The molecule has 1 heterocycles. The van der Waals surface area contributed by atoms with Gasteiger partial charge in [0, 0.05) is 18.6 Å². The standard InChI is InChI=1S/C18H27N3/c1-2-14-21(15-17-10-6-7-13-20-17)18(11-12-19)16-8-4-3-5-9-16/h3-5,8-9,17-18,20H,2,6-7,10-11,13-15H2,1H3. The molecular formula is C18H27N3. The Morgan fingerprint density at radius 3 is 2.76 bits per heavy atom. The first-order valence-electron chi connectivity index (χ1n) is 8.24. The SMILES string of the molecule is CCCN(CC1CCCCN1)C(CC#N)c1ccccc1. The number of rotatable bonds is 7. The van der Waals surface area contributed by atoms with Crippen molar-refractivity contribution in [1.82, 2.24) is 10.2 Å². The summed E-state index contributed by atoms with van der Waals surface area (Å²) in [5.74, 6) is 0. The van der Waals surface area contributed by atoms with Gasteiger partial charge in [0.2, 0.25) is 0 Å². The number of piperidine rings is 1. The Labute approximate surface area is 129 Å². The summed E-state index contributed by atoms with van der Waals surface area (Å²) in [6.45, 7) is 5.46. The molecule has 1 N–H and O–H groups in total. The van der Waals surface area contributed by atoms with Crippen molar-refractivity contribution in [3.63, 3.8) is 0 Å². The van der Waals surface area contributed by atoms with Crippen molar-refractivity contribution in [2.24, 2.45) is 0 Å². The van der Waals surface area contributed by atoms with Crippen molar-refractivity contribution in [3.05, 3.63) is 35.9 Å². The van der Waals surface area contributed by atoms with Gasteiger partial charge in [-0.2, -0.15) is 5.26 Å². The molecule has 0 radical (unpaired) electrons. The number of nitriles is 1. The van der Waals surface area contributed by atoms with Gasteiger partial charge >= 0.3 is 0 Å². The smallest absolute Gasteiger partial charge is 0.0641 e. The van der Waals surface area contributed by atoms with Crippen LogP contribution in [0.25, 0.3) is 0 Å². The van der Waals surface area contributed by atoms with E-state index in [1.54, 1.807) is 0 Å². The average molecular weight is 285 g/mol. The minimum absolute atomic E-state index is 0.222. The number of hydrogen-bond acceptors (Lipinski definition) is 3.